The molecule has 4 rings (SSSR count). The number of carbonyl (C=O) groups is 1. The van der Waals surface area contributed by atoms with Crippen molar-refractivity contribution in [2.45, 2.75) is 45.3 Å². The smallest absolute Gasteiger partial charge is 0.224 e. The highest BCUT2D eigenvalue weighted by molar-refractivity contribution is 5.94. The van der Waals surface area contributed by atoms with Crippen LogP contribution in [-0.2, 0) is 11.3 Å². The van der Waals surface area contributed by atoms with Crippen LogP contribution in [0.4, 0.5) is 11.4 Å². The van der Waals surface area contributed by atoms with Crippen molar-refractivity contribution < 1.29 is 4.79 Å². The highest BCUT2D eigenvalue weighted by Crippen LogP contribution is 2.49. The van der Waals surface area contributed by atoms with Gasteiger partial charge < -0.3 is 16.0 Å². The zero-order chi connectivity index (χ0) is 18.3. The summed E-state index contributed by atoms with van der Waals surface area (Å²) in [5, 5.41) is 3.74. The summed E-state index contributed by atoms with van der Waals surface area (Å²) in [7, 11) is 0. The van der Waals surface area contributed by atoms with Gasteiger partial charge in [0.05, 0.1) is 6.04 Å². The average Bonchev–Trinajstić information content (AvgIpc) is 3.48. The molecule has 0 aromatic heterocycles. The van der Waals surface area contributed by atoms with E-state index in [-0.39, 0.29) is 18.0 Å². The topological polar surface area (TPSA) is 58.4 Å². The number of nitrogens with zero attached hydrogens (tertiary/aromatic N) is 1. The molecule has 2 aliphatic rings. The van der Waals surface area contributed by atoms with E-state index in [0.29, 0.717) is 18.4 Å². The molecular weight excluding hydrogens is 322 g/mol. The largest absolute Gasteiger partial charge is 0.378 e. The lowest BCUT2D eigenvalue weighted by molar-refractivity contribution is -0.117. The number of para-hydroxylation sites is 1. The van der Waals surface area contributed by atoms with E-state index in [9.17, 15) is 4.79 Å². The second kappa shape index (κ2) is 6.76. The molecule has 2 aromatic carbocycles. The first-order chi connectivity index (χ1) is 12.6. The lowest BCUT2D eigenvalue weighted by atomic mass is 9.80. The summed E-state index contributed by atoms with van der Waals surface area (Å²) in [6, 6.07) is 17.1. The Bertz CT molecular complexity index is 815. The van der Waals surface area contributed by atoms with Gasteiger partial charge in [-0.1, -0.05) is 37.3 Å². The molecule has 3 atom stereocenters. The van der Waals surface area contributed by atoms with Crippen molar-refractivity contribution in [1.82, 2.24) is 0 Å². The summed E-state index contributed by atoms with van der Waals surface area (Å²) in [6.07, 6.45) is 2.44. The van der Waals surface area contributed by atoms with Gasteiger partial charge in [0.25, 0.3) is 0 Å². The predicted molar refractivity (Wildman–Crippen MR) is 106 cm³/mol. The summed E-state index contributed by atoms with van der Waals surface area (Å²) < 4.78 is 0. The third-order valence-electron chi connectivity index (χ3n) is 5.82. The fourth-order valence-corrected chi connectivity index (χ4v) is 4.48. The molecule has 0 bridgehead atoms. The summed E-state index contributed by atoms with van der Waals surface area (Å²) in [4.78, 5) is 14.5. The molecule has 3 N–H and O–H groups in total. The Hall–Kier alpha value is -2.33. The van der Waals surface area contributed by atoms with Crippen LogP contribution in [0, 0.1) is 11.8 Å². The molecule has 26 heavy (non-hydrogen) atoms. The van der Waals surface area contributed by atoms with Crippen LogP contribution >= 0.6 is 0 Å². The van der Waals surface area contributed by atoms with Gasteiger partial charge in [0.2, 0.25) is 5.91 Å². The summed E-state index contributed by atoms with van der Waals surface area (Å²) in [5.74, 6) is 1.09. The highest BCUT2D eigenvalue weighted by atomic mass is 16.2. The van der Waals surface area contributed by atoms with E-state index < -0.39 is 0 Å². The number of nitrogens with two attached hydrogens (primary N) is 1. The van der Waals surface area contributed by atoms with Gasteiger partial charge in [-0.3, -0.25) is 4.79 Å². The maximum atomic E-state index is 12.5. The van der Waals surface area contributed by atoms with Crippen LogP contribution in [0.1, 0.15) is 43.9 Å². The molecule has 4 nitrogen and oxygen atoms in total. The van der Waals surface area contributed by atoms with Crippen LogP contribution in [0.25, 0.3) is 0 Å². The van der Waals surface area contributed by atoms with Crippen LogP contribution in [0.5, 0.6) is 0 Å². The van der Waals surface area contributed by atoms with E-state index in [1.54, 1.807) is 6.92 Å². The number of nitrogens with one attached hydrogen (secondary N) is 1. The second-order valence-corrected chi connectivity index (χ2v) is 7.66. The molecule has 2 aromatic rings. The fourth-order valence-electron chi connectivity index (χ4n) is 4.48. The number of rotatable bonds is 4. The van der Waals surface area contributed by atoms with Crippen molar-refractivity contribution in [3.05, 3.63) is 59.7 Å². The Morgan fingerprint density at radius 3 is 2.65 bits per heavy atom. The van der Waals surface area contributed by atoms with Crippen molar-refractivity contribution in [2.24, 2.45) is 17.6 Å². The molecule has 1 saturated carbocycles. The third-order valence-corrected chi connectivity index (χ3v) is 5.82. The van der Waals surface area contributed by atoms with E-state index in [4.69, 9.17) is 5.73 Å². The molecule has 0 spiro atoms. The van der Waals surface area contributed by atoms with Gasteiger partial charge in [0, 0.05) is 36.8 Å². The van der Waals surface area contributed by atoms with Crippen molar-refractivity contribution in [3.63, 3.8) is 0 Å². The first-order valence-corrected chi connectivity index (χ1v) is 9.54. The van der Waals surface area contributed by atoms with Crippen LogP contribution in [0.3, 0.4) is 0 Å². The first-order valence-electron chi connectivity index (χ1n) is 9.54. The lowest BCUT2D eigenvalue weighted by Crippen LogP contribution is -2.51. The molecule has 0 radical (unpaired) electrons. The molecule has 1 aliphatic heterocycles. The summed E-state index contributed by atoms with van der Waals surface area (Å²) in [6.45, 7) is 4.51. The SMILES string of the molecule is CC(=O)N1c2ccccc2[C@H](Nc2cccc(CN)c2)[C@@H](C)[C@@H]1C1CC1. The molecule has 136 valence electrons. The zero-order valence-electron chi connectivity index (χ0n) is 15.5. The number of fused-ring (bicyclic) bond motifs is 1. The minimum Gasteiger partial charge on any atom is -0.378 e. The Morgan fingerprint density at radius 1 is 1.19 bits per heavy atom. The van der Waals surface area contributed by atoms with Gasteiger partial charge in [-0.25, -0.2) is 0 Å². The van der Waals surface area contributed by atoms with Gasteiger partial charge in [0.15, 0.2) is 0 Å². The van der Waals surface area contributed by atoms with Crippen molar-refractivity contribution in [1.29, 1.82) is 0 Å². The zero-order valence-corrected chi connectivity index (χ0v) is 15.5. The fraction of sp³-hybridized carbons (Fsp3) is 0.409. The molecule has 1 heterocycles. The Balaban J connectivity index is 1.75. The van der Waals surface area contributed by atoms with E-state index in [1.165, 1.54) is 18.4 Å². The third kappa shape index (κ3) is 2.99. The minimum atomic E-state index is 0.143. The van der Waals surface area contributed by atoms with Gasteiger partial charge in [0.1, 0.15) is 0 Å². The van der Waals surface area contributed by atoms with Gasteiger partial charge in [-0.2, -0.15) is 0 Å². The van der Waals surface area contributed by atoms with Gasteiger partial charge in [-0.15, -0.1) is 0 Å². The number of benzene rings is 2. The maximum Gasteiger partial charge on any atom is 0.224 e. The first kappa shape index (κ1) is 17.1. The Morgan fingerprint density at radius 2 is 1.96 bits per heavy atom. The number of amides is 1. The molecule has 4 heteroatoms. The molecule has 0 saturated heterocycles. The Kier molecular flexibility index (Phi) is 4.45. The predicted octanol–water partition coefficient (Wildman–Crippen LogP) is 4.08. The highest BCUT2D eigenvalue weighted by Gasteiger charge is 2.47. The number of anilines is 2. The van der Waals surface area contributed by atoms with Crippen LogP contribution in [0.15, 0.2) is 48.5 Å². The van der Waals surface area contributed by atoms with Crippen LogP contribution < -0.4 is 16.0 Å². The summed E-state index contributed by atoms with van der Waals surface area (Å²) >= 11 is 0. The quantitative estimate of drug-likeness (QED) is 0.874. The van der Waals surface area contributed by atoms with Crippen LogP contribution in [0.2, 0.25) is 0 Å². The van der Waals surface area contributed by atoms with Gasteiger partial charge in [-0.05, 0) is 48.1 Å². The van der Waals surface area contributed by atoms with Crippen molar-refractivity contribution >= 4 is 17.3 Å². The molecule has 1 fully saturated rings. The number of hydrogen-bond acceptors (Lipinski definition) is 3. The average molecular weight is 349 g/mol. The molecule has 1 aliphatic carbocycles. The van der Waals surface area contributed by atoms with Gasteiger partial charge >= 0.3 is 0 Å². The van der Waals surface area contributed by atoms with Crippen LogP contribution in [-0.4, -0.2) is 11.9 Å². The normalized spacial score (nSPS) is 24.9. The minimum absolute atomic E-state index is 0.143. The molecular formula is C22H27N3O. The van der Waals surface area contributed by atoms with E-state index in [0.717, 1.165) is 16.9 Å². The standard InChI is InChI=1S/C22H27N3O/c1-14-21(24-18-7-5-6-16(12-18)13-23)19-8-3-4-9-20(19)25(15(2)26)22(14)17-10-11-17/h3-9,12,14,17,21-22,24H,10-11,13,23H2,1-2H3/t14-,21-,22-/m1/s1. The van der Waals surface area contributed by atoms with Crippen molar-refractivity contribution in [3.8, 4) is 0 Å². The van der Waals surface area contributed by atoms with E-state index in [2.05, 4.69) is 42.6 Å². The summed E-state index contributed by atoms with van der Waals surface area (Å²) in [5.41, 5.74) is 10.3. The number of carbonyl (C=O) groups excluding carboxylic acids is 1. The second-order valence-electron chi connectivity index (χ2n) is 7.66. The molecule has 0 unspecified atom stereocenters. The van der Waals surface area contributed by atoms with Crippen molar-refractivity contribution in [2.75, 3.05) is 10.2 Å². The van der Waals surface area contributed by atoms with E-state index in [1.807, 2.05) is 23.1 Å². The monoisotopic (exact) mass is 349 g/mol. The number of hydrogen-bond donors (Lipinski definition) is 2. The maximum absolute atomic E-state index is 12.5. The Labute approximate surface area is 155 Å². The van der Waals surface area contributed by atoms with E-state index >= 15 is 0 Å². The molecule has 1 amide bonds. The lowest BCUT2D eigenvalue weighted by Gasteiger charge is -2.46.